The van der Waals surface area contributed by atoms with Gasteiger partial charge in [0.25, 0.3) is 0 Å². The fraction of sp³-hybridized carbons (Fsp3) is 0.250. The summed E-state index contributed by atoms with van der Waals surface area (Å²) in [6, 6.07) is 13.1. The first kappa shape index (κ1) is 24.0. The van der Waals surface area contributed by atoms with E-state index in [4.69, 9.17) is 4.74 Å². The minimum atomic E-state index is -1.44. The molecule has 1 heterocycles. The summed E-state index contributed by atoms with van der Waals surface area (Å²) in [4.78, 5) is 24.0. The van der Waals surface area contributed by atoms with Gasteiger partial charge in [0.15, 0.2) is 0 Å². The number of hydrogen-bond donors (Lipinski definition) is 2. The standard InChI is InChI=1S/C28H28N2O5/c1-17-10-11-28(27(33)34,14-23(17)26(31)32)22-7-5-6-20(13-22)16-35-24-9-8-21(12-18(24)2)25-19(3)15-30(4)29-25/h5-13,15H,14,16H2,1-4H3,(H,31,32)(H,33,34). The van der Waals surface area contributed by atoms with Crippen LogP contribution >= 0.6 is 0 Å². The molecule has 0 aliphatic heterocycles. The van der Waals surface area contributed by atoms with Gasteiger partial charge in [-0.05, 0) is 66.8 Å². The molecule has 0 fully saturated rings. The molecule has 1 aliphatic rings. The van der Waals surface area contributed by atoms with Crippen molar-refractivity contribution in [1.29, 1.82) is 0 Å². The van der Waals surface area contributed by atoms with Crippen LogP contribution < -0.4 is 4.74 Å². The second-order valence-electron chi connectivity index (χ2n) is 9.06. The van der Waals surface area contributed by atoms with Crippen LogP contribution in [-0.4, -0.2) is 31.9 Å². The molecular formula is C28H28N2O5. The average molecular weight is 473 g/mol. The topological polar surface area (TPSA) is 102 Å². The zero-order chi connectivity index (χ0) is 25.3. The molecule has 0 saturated carbocycles. The zero-order valence-corrected chi connectivity index (χ0v) is 20.2. The van der Waals surface area contributed by atoms with E-state index < -0.39 is 17.4 Å². The second-order valence-corrected chi connectivity index (χ2v) is 9.06. The number of hydrogen-bond acceptors (Lipinski definition) is 4. The molecule has 1 atom stereocenters. The van der Waals surface area contributed by atoms with Crippen molar-refractivity contribution < 1.29 is 24.5 Å². The molecule has 7 heteroatoms. The lowest BCUT2D eigenvalue weighted by Gasteiger charge is -2.30. The van der Waals surface area contributed by atoms with E-state index in [1.807, 2.05) is 51.4 Å². The largest absolute Gasteiger partial charge is 0.489 e. The molecule has 0 bridgehead atoms. The maximum Gasteiger partial charge on any atom is 0.331 e. The molecule has 0 spiro atoms. The van der Waals surface area contributed by atoms with Crippen LogP contribution in [0.1, 0.15) is 35.6 Å². The fourth-order valence-corrected chi connectivity index (χ4v) is 4.51. The first-order valence-corrected chi connectivity index (χ1v) is 11.3. The average Bonchev–Trinajstić information content (AvgIpc) is 3.16. The SMILES string of the molecule is CC1=C(C(=O)O)CC(C(=O)O)(c2cccc(COc3ccc(-c4nn(C)cc4C)cc3C)c2)C=C1. The molecule has 3 aromatic rings. The Labute approximate surface area is 204 Å². The summed E-state index contributed by atoms with van der Waals surface area (Å²) in [5.74, 6) is -1.46. The number of benzene rings is 2. The van der Waals surface area contributed by atoms with E-state index in [2.05, 4.69) is 5.10 Å². The lowest BCUT2D eigenvalue weighted by Crippen LogP contribution is -2.37. The maximum atomic E-state index is 12.4. The van der Waals surface area contributed by atoms with E-state index in [1.54, 1.807) is 42.0 Å². The number of rotatable bonds is 7. The number of allylic oxidation sites excluding steroid dienone is 2. The van der Waals surface area contributed by atoms with Gasteiger partial charge in [0, 0.05) is 30.8 Å². The van der Waals surface area contributed by atoms with Crippen molar-refractivity contribution >= 4 is 11.9 Å². The van der Waals surface area contributed by atoms with Gasteiger partial charge in [-0.1, -0.05) is 36.4 Å². The quantitative estimate of drug-likeness (QED) is 0.504. The minimum Gasteiger partial charge on any atom is -0.489 e. The van der Waals surface area contributed by atoms with E-state index in [9.17, 15) is 19.8 Å². The zero-order valence-electron chi connectivity index (χ0n) is 20.2. The van der Waals surface area contributed by atoms with E-state index in [0.29, 0.717) is 11.1 Å². The van der Waals surface area contributed by atoms with E-state index in [0.717, 1.165) is 33.7 Å². The van der Waals surface area contributed by atoms with Gasteiger partial charge >= 0.3 is 11.9 Å². The highest BCUT2D eigenvalue weighted by atomic mass is 16.5. The first-order chi connectivity index (χ1) is 16.6. The van der Waals surface area contributed by atoms with Gasteiger partial charge in [-0.3, -0.25) is 9.48 Å². The van der Waals surface area contributed by atoms with Crippen LogP contribution in [0.4, 0.5) is 0 Å². The van der Waals surface area contributed by atoms with Crippen LogP contribution in [0.5, 0.6) is 5.75 Å². The molecule has 180 valence electrons. The summed E-state index contributed by atoms with van der Waals surface area (Å²) >= 11 is 0. The highest BCUT2D eigenvalue weighted by Gasteiger charge is 2.42. The Bertz CT molecular complexity index is 1380. The Morgan fingerprint density at radius 1 is 1.09 bits per heavy atom. The number of nitrogens with zero attached hydrogens (tertiary/aromatic N) is 2. The molecule has 0 saturated heterocycles. The smallest absolute Gasteiger partial charge is 0.331 e. The molecule has 2 aromatic carbocycles. The van der Waals surface area contributed by atoms with Crippen molar-refractivity contribution in [3.63, 3.8) is 0 Å². The summed E-state index contributed by atoms with van der Waals surface area (Å²) < 4.78 is 7.86. The monoisotopic (exact) mass is 472 g/mol. The molecular weight excluding hydrogens is 444 g/mol. The lowest BCUT2D eigenvalue weighted by molar-refractivity contribution is -0.142. The summed E-state index contributed by atoms with van der Waals surface area (Å²) in [5.41, 5.74) is 4.55. The van der Waals surface area contributed by atoms with Gasteiger partial charge in [-0.15, -0.1) is 0 Å². The van der Waals surface area contributed by atoms with E-state index in [-0.39, 0.29) is 18.6 Å². The van der Waals surface area contributed by atoms with Gasteiger partial charge in [-0.25, -0.2) is 4.79 Å². The van der Waals surface area contributed by atoms with Gasteiger partial charge in [0.1, 0.15) is 17.8 Å². The normalized spacial score (nSPS) is 17.5. The molecule has 2 N–H and O–H groups in total. The number of carboxylic acids is 2. The molecule has 0 radical (unpaired) electrons. The third-order valence-corrected chi connectivity index (χ3v) is 6.49. The molecule has 4 rings (SSSR count). The molecule has 35 heavy (non-hydrogen) atoms. The Kier molecular flexibility index (Phi) is 6.35. The first-order valence-electron chi connectivity index (χ1n) is 11.3. The third kappa shape index (κ3) is 4.62. The van der Waals surface area contributed by atoms with Crippen LogP contribution in [0.25, 0.3) is 11.3 Å². The predicted molar refractivity (Wildman–Crippen MR) is 132 cm³/mol. The summed E-state index contributed by atoms with van der Waals surface area (Å²) in [5, 5.41) is 24.2. The number of carboxylic acid groups (broad SMARTS) is 2. The fourth-order valence-electron chi connectivity index (χ4n) is 4.51. The van der Waals surface area contributed by atoms with Crippen LogP contribution in [0, 0.1) is 13.8 Å². The van der Waals surface area contributed by atoms with Crippen LogP contribution in [0.3, 0.4) is 0 Å². The van der Waals surface area contributed by atoms with E-state index in [1.165, 1.54) is 0 Å². The number of carbonyl (C=O) groups is 2. The Hall–Kier alpha value is -4.13. The van der Waals surface area contributed by atoms with Crippen molar-refractivity contribution in [2.45, 2.75) is 39.2 Å². The summed E-state index contributed by atoms with van der Waals surface area (Å²) in [7, 11) is 1.90. The lowest BCUT2D eigenvalue weighted by atomic mass is 9.71. The van der Waals surface area contributed by atoms with Crippen molar-refractivity contribution in [2.24, 2.45) is 7.05 Å². The van der Waals surface area contributed by atoms with Gasteiger partial charge < -0.3 is 14.9 Å². The van der Waals surface area contributed by atoms with Gasteiger partial charge in [0.05, 0.1) is 5.69 Å². The highest BCUT2D eigenvalue weighted by Crippen LogP contribution is 2.39. The number of aliphatic carboxylic acids is 2. The Morgan fingerprint density at radius 2 is 1.86 bits per heavy atom. The van der Waals surface area contributed by atoms with E-state index >= 15 is 0 Å². The second kappa shape index (κ2) is 9.25. The van der Waals surface area contributed by atoms with Crippen LogP contribution in [0.15, 0.2) is 72.0 Å². The van der Waals surface area contributed by atoms with Crippen molar-refractivity contribution in [3.8, 4) is 17.0 Å². The highest BCUT2D eigenvalue weighted by molar-refractivity contribution is 5.93. The molecule has 1 aromatic heterocycles. The number of ether oxygens (including phenoxy) is 1. The molecule has 1 aliphatic carbocycles. The Morgan fingerprint density at radius 3 is 2.49 bits per heavy atom. The van der Waals surface area contributed by atoms with Gasteiger partial charge in [0.2, 0.25) is 0 Å². The number of aromatic nitrogens is 2. The molecule has 1 unspecified atom stereocenters. The summed E-state index contributed by atoms with van der Waals surface area (Å²) in [6.07, 6.45) is 5.03. The van der Waals surface area contributed by atoms with Gasteiger partial charge in [-0.2, -0.15) is 5.10 Å². The van der Waals surface area contributed by atoms with Crippen molar-refractivity contribution in [1.82, 2.24) is 9.78 Å². The Balaban J connectivity index is 1.56. The third-order valence-electron chi connectivity index (χ3n) is 6.49. The predicted octanol–water partition coefficient (Wildman–Crippen LogP) is 4.97. The minimum absolute atomic E-state index is 0.107. The molecule has 7 nitrogen and oxygen atoms in total. The van der Waals surface area contributed by atoms with Crippen molar-refractivity contribution in [3.05, 3.63) is 94.2 Å². The van der Waals surface area contributed by atoms with Crippen LogP contribution in [-0.2, 0) is 28.7 Å². The maximum absolute atomic E-state index is 12.4. The van der Waals surface area contributed by atoms with Crippen LogP contribution in [0.2, 0.25) is 0 Å². The summed E-state index contributed by atoms with van der Waals surface area (Å²) in [6.45, 7) is 5.92. The van der Waals surface area contributed by atoms with Crippen molar-refractivity contribution in [2.75, 3.05) is 0 Å². The molecule has 0 amide bonds. The number of aryl methyl sites for hydroxylation is 3.